The van der Waals surface area contributed by atoms with Crippen molar-refractivity contribution in [3.05, 3.63) is 22.6 Å². The summed E-state index contributed by atoms with van der Waals surface area (Å²) in [5.41, 5.74) is -0.330. The van der Waals surface area contributed by atoms with E-state index in [-0.39, 0.29) is 36.1 Å². The Morgan fingerprint density at radius 2 is 2.33 bits per heavy atom. The largest absolute Gasteiger partial charge is 0.453 e. The monoisotopic (exact) mass is 254 g/mol. The number of hydrogen-bond acceptors (Lipinski definition) is 6. The van der Waals surface area contributed by atoms with Crippen LogP contribution in [0.25, 0.3) is 0 Å². The van der Waals surface area contributed by atoms with Gasteiger partial charge in [0.25, 0.3) is 5.56 Å². The molecule has 0 aromatic carbocycles. The molecule has 1 aromatic heterocycles. The van der Waals surface area contributed by atoms with E-state index in [0.29, 0.717) is 6.61 Å². The van der Waals surface area contributed by atoms with Gasteiger partial charge in [-0.05, 0) is 0 Å². The van der Waals surface area contributed by atoms with Gasteiger partial charge in [-0.15, -0.1) is 0 Å². The molecule has 0 bridgehead atoms. The lowest BCUT2D eigenvalue weighted by atomic mass is 10.1. The van der Waals surface area contributed by atoms with E-state index in [2.05, 4.69) is 4.98 Å². The normalized spacial score (nSPS) is 33.0. The van der Waals surface area contributed by atoms with Crippen molar-refractivity contribution in [1.29, 1.82) is 0 Å². The predicted octanol–water partition coefficient (Wildman–Crippen LogP) is -0.437. The minimum atomic E-state index is -0.330. The molecule has 3 unspecified atom stereocenters. The maximum Gasteiger partial charge on any atom is 0.302 e. The SMILES string of the molecule is COC[C@H]1OC2C(Oc3nc(=O)ccn32)C1OC. The topological polar surface area (TPSA) is 71.8 Å². The fourth-order valence-electron chi connectivity index (χ4n) is 2.44. The Balaban J connectivity index is 1.91. The van der Waals surface area contributed by atoms with E-state index in [0.717, 1.165) is 0 Å². The molecular weight excluding hydrogens is 240 g/mol. The van der Waals surface area contributed by atoms with Gasteiger partial charge in [-0.3, -0.25) is 9.36 Å². The van der Waals surface area contributed by atoms with E-state index in [1.807, 2.05) is 0 Å². The van der Waals surface area contributed by atoms with Crippen molar-refractivity contribution in [3.63, 3.8) is 0 Å². The maximum atomic E-state index is 11.2. The second-order valence-electron chi connectivity index (χ2n) is 4.26. The Morgan fingerprint density at radius 3 is 3.06 bits per heavy atom. The summed E-state index contributed by atoms with van der Waals surface area (Å²) in [4.78, 5) is 15.0. The standard InChI is InChI=1S/C11H14N2O5/c1-15-5-6-8(16-2)9-10(17-6)13-4-3-7(14)12-11(13)18-9/h3-4,6,8-10H,5H2,1-2H3/t6-,8?,9?,10?/m1/s1. The zero-order valence-electron chi connectivity index (χ0n) is 10.1. The number of fused-ring (bicyclic) bond motifs is 3. The Bertz CT molecular complexity index is 502. The third kappa shape index (κ3) is 1.63. The second kappa shape index (κ2) is 4.34. The van der Waals surface area contributed by atoms with Crippen molar-refractivity contribution in [2.24, 2.45) is 0 Å². The molecule has 0 radical (unpaired) electrons. The molecule has 3 rings (SSSR count). The molecule has 0 amide bonds. The lowest BCUT2D eigenvalue weighted by molar-refractivity contribution is -0.0614. The van der Waals surface area contributed by atoms with Crippen molar-refractivity contribution in [1.82, 2.24) is 9.55 Å². The molecule has 0 spiro atoms. The summed E-state index contributed by atoms with van der Waals surface area (Å²) < 4.78 is 23.7. The van der Waals surface area contributed by atoms with Gasteiger partial charge in [-0.1, -0.05) is 0 Å². The van der Waals surface area contributed by atoms with E-state index < -0.39 is 0 Å². The average Bonchev–Trinajstić information content (AvgIpc) is 2.84. The van der Waals surface area contributed by atoms with Crippen LogP contribution in [0.15, 0.2) is 17.1 Å². The van der Waals surface area contributed by atoms with E-state index in [4.69, 9.17) is 18.9 Å². The van der Waals surface area contributed by atoms with Gasteiger partial charge in [-0.25, -0.2) is 0 Å². The van der Waals surface area contributed by atoms with Gasteiger partial charge < -0.3 is 18.9 Å². The maximum absolute atomic E-state index is 11.2. The quantitative estimate of drug-likeness (QED) is 0.728. The summed E-state index contributed by atoms with van der Waals surface area (Å²) >= 11 is 0. The molecule has 0 saturated carbocycles. The molecule has 18 heavy (non-hydrogen) atoms. The van der Waals surface area contributed by atoms with E-state index in [1.54, 1.807) is 25.0 Å². The van der Waals surface area contributed by atoms with E-state index in [9.17, 15) is 4.79 Å². The lowest BCUT2D eigenvalue weighted by Gasteiger charge is -2.19. The number of methoxy groups -OCH3 is 2. The zero-order valence-corrected chi connectivity index (χ0v) is 10.1. The predicted molar refractivity (Wildman–Crippen MR) is 59.5 cm³/mol. The highest BCUT2D eigenvalue weighted by Crippen LogP contribution is 2.39. The van der Waals surface area contributed by atoms with Gasteiger partial charge in [0, 0.05) is 26.5 Å². The Kier molecular flexibility index (Phi) is 2.81. The molecule has 2 aliphatic heterocycles. The first-order valence-corrected chi connectivity index (χ1v) is 5.67. The van der Waals surface area contributed by atoms with Crippen molar-refractivity contribution in [2.75, 3.05) is 20.8 Å². The number of hydrogen-bond donors (Lipinski definition) is 0. The van der Waals surface area contributed by atoms with Crippen LogP contribution in [-0.4, -0.2) is 48.7 Å². The third-order valence-electron chi connectivity index (χ3n) is 3.21. The molecule has 4 atom stereocenters. The molecule has 0 N–H and O–H groups in total. The van der Waals surface area contributed by atoms with Crippen molar-refractivity contribution in [2.45, 2.75) is 24.5 Å². The minimum absolute atomic E-state index is 0.192. The van der Waals surface area contributed by atoms with Crippen LogP contribution in [0.2, 0.25) is 0 Å². The van der Waals surface area contributed by atoms with Crippen LogP contribution < -0.4 is 10.3 Å². The smallest absolute Gasteiger partial charge is 0.302 e. The molecule has 1 aromatic rings. The van der Waals surface area contributed by atoms with Gasteiger partial charge in [0.15, 0.2) is 12.3 Å². The molecule has 1 fully saturated rings. The van der Waals surface area contributed by atoms with Crippen LogP contribution in [0.1, 0.15) is 6.23 Å². The molecular formula is C11H14N2O5. The first kappa shape index (κ1) is 11.6. The first-order valence-electron chi connectivity index (χ1n) is 5.67. The molecule has 2 aliphatic rings. The fourth-order valence-corrected chi connectivity index (χ4v) is 2.44. The Morgan fingerprint density at radius 1 is 1.50 bits per heavy atom. The Hall–Kier alpha value is -1.44. The van der Waals surface area contributed by atoms with Crippen molar-refractivity contribution < 1.29 is 18.9 Å². The molecule has 7 heteroatoms. The van der Waals surface area contributed by atoms with Gasteiger partial charge in [0.1, 0.15) is 12.2 Å². The van der Waals surface area contributed by atoms with Gasteiger partial charge in [0.05, 0.1) is 6.61 Å². The summed E-state index contributed by atoms with van der Waals surface area (Å²) in [5, 5.41) is 0. The van der Waals surface area contributed by atoms with Gasteiger partial charge >= 0.3 is 6.01 Å². The van der Waals surface area contributed by atoms with Crippen LogP contribution in [0.3, 0.4) is 0 Å². The third-order valence-corrected chi connectivity index (χ3v) is 3.21. The van der Waals surface area contributed by atoms with Gasteiger partial charge in [-0.2, -0.15) is 4.98 Å². The Labute approximate surface area is 103 Å². The highest BCUT2D eigenvalue weighted by Gasteiger charge is 2.52. The summed E-state index contributed by atoms with van der Waals surface area (Å²) in [7, 11) is 3.21. The lowest BCUT2D eigenvalue weighted by Crippen LogP contribution is -2.37. The first-order chi connectivity index (χ1) is 8.74. The van der Waals surface area contributed by atoms with E-state index in [1.165, 1.54) is 6.07 Å². The van der Waals surface area contributed by atoms with Crippen LogP contribution in [0.5, 0.6) is 6.01 Å². The number of ether oxygens (including phenoxy) is 4. The minimum Gasteiger partial charge on any atom is -0.453 e. The average molecular weight is 254 g/mol. The highest BCUT2D eigenvalue weighted by atomic mass is 16.6. The summed E-state index contributed by atoms with van der Waals surface area (Å²) in [6, 6.07) is 1.65. The number of aromatic nitrogens is 2. The summed E-state index contributed by atoms with van der Waals surface area (Å²) in [5.74, 6) is 0. The van der Waals surface area contributed by atoms with Crippen LogP contribution in [-0.2, 0) is 14.2 Å². The van der Waals surface area contributed by atoms with Crippen LogP contribution in [0.4, 0.5) is 0 Å². The summed E-state index contributed by atoms with van der Waals surface area (Å²) in [6.45, 7) is 0.428. The van der Waals surface area contributed by atoms with E-state index >= 15 is 0 Å². The summed E-state index contributed by atoms with van der Waals surface area (Å²) in [6.07, 6.45) is 0.564. The zero-order chi connectivity index (χ0) is 12.7. The number of nitrogens with zero attached hydrogens (tertiary/aromatic N) is 2. The second-order valence-corrected chi connectivity index (χ2v) is 4.26. The van der Waals surface area contributed by atoms with Crippen molar-refractivity contribution >= 4 is 0 Å². The van der Waals surface area contributed by atoms with Crippen LogP contribution in [0, 0.1) is 0 Å². The fraction of sp³-hybridized carbons (Fsp3) is 0.636. The molecule has 3 heterocycles. The van der Waals surface area contributed by atoms with Crippen molar-refractivity contribution in [3.8, 4) is 6.01 Å². The highest BCUT2D eigenvalue weighted by molar-refractivity contribution is 5.11. The molecule has 7 nitrogen and oxygen atoms in total. The van der Waals surface area contributed by atoms with Crippen LogP contribution >= 0.6 is 0 Å². The number of rotatable bonds is 3. The molecule has 1 saturated heterocycles. The molecule has 98 valence electrons. The van der Waals surface area contributed by atoms with Gasteiger partial charge in [0.2, 0.25) is 0 Å². The molecule has 0 aliphatic carbocycles.